The largest absolute Gasteiger partial charge is 0.379 e. The second-order valence-electron chi connectivity index (χ2n) is 8.00. The number of fused-ring (bicyclic) bond motifs is 1. The first kappa shape index (κ1) is 24.1. The van der Waals surface area contributed by atoms with E-state index in [1.807, 2.05) is 17.4 Å². The van der Waals surface area contributed by atoms with Crippen LogP contribution in [0.1, 0.15) is 16.1 Å². The predicted molar refractivity (Wildman–Crippen MR) is 138 cm³/mol. The maximum absolute atomic E-state index is 12.8. The Kier molecular flexibility index (Phi) is 7.86. The molecule has 3 N–H and O–H groups in total. The number of carbonyl (C=O) groups is 1. The summed E-state index contributed by atoms with van der Waals surface area (Å²) >= 11 is 0. The summed E-state index contributed by atoms with van der Waals surface area (Å²) in [4.78, 5) is 27.4. The van der Waals surface area contributed by atoms with E-state index in [1.165, 1.54) is 6.21 Å². The van der Waals surface area contributed by atoms with Crippen LogP contribution in [0.15, 0.2) is 66.7 Å². The van der Waals surface area contributed by atoms with Crippen molar-refractivity contribution in [3.63, 3.8) is 0 Å². The third kappa shape index (κ3) is 5.73. The molecule has 10 nitrogen and oxygen atoms in total. The van der Waals surface area contributed by atoms with Crippen molar-refractivity contribution in [2.45, 2.75) is 6.92 Å². The zero-order valence-corrected chi connectivity index (χ0v) is 19.8. The van der Waals surface area contributed by atoms with Crippen LogP contribution in [-0.2, 0) is 4.74 Å². The number of aryl methyl sites for hydroxylation is 1. The van der Waals surface area contributed by atoms with Crippen LogP contribution in [0, 0.1) is 6.92 Å². The highest BCUT2D eigenvalue weighted by molar-refractivity contribution is 5.95. The highest BCUT2D eigenvalue weighted by Crippen LogP contribution is 2.29. The Hall–Kier alpha value is -4.02. The Balaban J connectivity index is 1.59. The number of aromatic amines is 1. The van der Waals surface area contributed by atoms with E-state index in [9.17, 15) is 4.79 Å². The molecular weight excluding hydrogens is 444 g/mol. The maximum Gasteiger partial charge on any atom is 0.272 e. The number of nitrogens with one attached hydrogen (secondary N) is 3. The van der Waals surface area contributed by atoms with Gasteiger partial charge in [-0.25, -0.2) is 15.4 Å². The first-order chi connectivity index (χ1) is 17.1. The van der Waals surface area contributed by atoms with Crippen LogP contribution in [0.5, 0.6) is 0 Å². The summed E-state index contributed by atoms with van der Waals surface area (Å²) in [7, 11) is 0. The van der Waals surface area contributed by atoms with Gasteiger partial charge in [-0.3, -0.25) is 14.1 Å². The third-order valence-electron chi connectivity index (χ3n) is 5.70. The number of aromatic nitrogens is 4. The number of anilines is 1. The van der Waals surface area contributed by atoms with Crippen molar-refractivity contribution in [3.8, 4) is 11.4 Å². The lowest BCUT2D eigenvalue weighted by molar-refractivity contribution is 0.0398. The van der Waals surface area contributed by atoms with E-state index in [-0.39, 0.29) is 5.91 Å². The van der Waals surface area contributed by atoms with E-state index in [0.717, 1.165) is 61.3 Å². The van der Waals surface area contributed by atoms with Crippen LogP contribution < -0.4 is 10.7 Å². The summed E-state index contributed by atoms with van der Waals surface area (Å²) < 4.78 is 7.33. The fourth-order valence-corrected chi connectivity index (χ4v) is 3.81. The van der Waals surface area contributed by atoms with Gasteiger partial charge in [-0.1, -0.05) is 31.4 Å². The second kappa shape index (κ2) is 11.4. The van der Waals surface area contributed by atoms with Crippen molar-refractivity contribution in [1.82, 2.24) is 29.7 Å². The standard InChI is InChI=1S/C25H30N8O2/c1-4-6-19(5-2)15-29-31-25(34)20-7-8-21-30-23(22-18(3)27-17-28-22)24(33(21)16-20)26-9-10-32-11-13-35-14-12-32/h4-8,15-17,26H,1-2,9-14H2,3H3,(H,27,28)(H,31,34)/b19-6+,29-15+. The van der Waals surface area contributed by atoms with Gasteiger partial charge in [-0.05, 0) is 24.6 Å². The topological polar surface area (TPSA) is 112 Å². The second-order valence-corrected chi connectivity index (χ2v) is 8.00. The Morgan fingerprint density at radius 2 is 2.14 bits per heavy atom. The van der Waals surface area contributed by atoms with Gasteiger partial charge >= 0.3 is 0 Å². The maximum atomic E-state index is 12.8. The SMILES string of the molecule is C=C/C=C(C=C)/C=N/NC(=O)c1ccc2nc(-c3[nH]cnc3C)c(NCCN3CCOCC3)n2c1. The Bertz CT molecular complexity index is 1260. The van der Waals surface area contributed by atoms with Gasteiger partial charge < -0.3 is 15.0 Å². The molecule has 1 saturated heterocycles. The molecule has 4 rings (SSSR count). The average molecular weight is 475 g/mol. The minimum Gasteiger partial charge on any atom is -0.379 e. The summed E-state index contributed by atoms with van der Waals surface area (Å²) in [5.41, 5.74) is 6.89. The van der Waals surface area contributed by atoms with Gasteiger partial charge in [0.15, 0.2) is 0 Å². The number of hydrazone groups is 1. The molecule has 3 aromatic rings. The Morgan fingerprint density at radius 3 is 2.86 bits per heavy atom. The van der Waals surface area contributed by atoms with Crippen LogP contribution >= 0.6 is 0 Å². The average Bonchev–Trinajstić information content (AvgIpc) is 3.46. The number of morpholine rings is 1. The molecule has 1 fully saturated rings. The minimum absolute atomic E-state index is 0.336. The van der Waals surface area contributed by atoms with E-state index in [1.54, 1.807) is 36.8 Å². The molecule has 182 valence electrons. The van der Waals surface area contributed by atoms with Crippen LogP contribution in [0.3, 0.4) is 0 Å². The van der Waals surface area contributed by atoms with Gasteiger partial charge in [-0.2, -0.15) is 5.10 Å². The molecule has 0 radical (unpaired) electrons. The van der Waals surface area contributed by atoms with Crippen molar-refractivity contribution in [3.05, 3.63) is 72.9 Å². The number of carbonyl (C=O) groups excluding carboxylic acids is 1. The lowest BCUT2D eigenvalue weighted by Crippen LogP contribution is -2.39. The summed E-state index contributed by atoms with van der Waals surface area (Å²) in [6.07, 6.45) is 9.93. The van der Waals surface area contributed by atoms with Crippen LogP contribution in [0.25, 0.3) is 17.0 Å². The number of hydrogen-bond donors (Lipinski definition) is 3. The first-order valence-corrected chi connectivity index (χ1v) is 11.5. The highest BCUT2D eigenvalue weighted by atomic mass is 16.5. The van der Waals surface area contributed by atoms with Gasteiger partial charge in [0.05, 0.1) is 42.7 Å². The molecule has 1 aliphatic rings. The van der Waals surface area contributed by atoms with Gasteiger partial charge in [0.25, 0.3) is 5.91 Å². The molecule has 0 atom stereocenters. The number of imidazole rings is 2. The van der Waals surface area contributed by atoms with E-state index in [2.05, 4.69) is 43.9 Å². The van der Waals surface area contributed by atoms with Gasteiger partial charge in [0.1, 0.15) is 17.2 Å². The smallest absolute Gasteiger partial charge is 0.272 e. The van der Waals surface area contributed by atoms with Gasteiger partial charge in [-0.15, -0.1) is 0 Å². The molecule has 1 aliphatic heterocycles. The van der Waals surface area contributed by atoms with E-state index >= 15 is 0 Å². The van der Waals surface area contributed by atoms with Crippen molar-refractivity contribution in [1.29, 1.82) is 0 Å². The van der Waals surface area contributed by atoms with E-state index in [0.29, 0.717) is 17.8 Å². The first-order valence-electron chi connectivity index (χ1n) is 11.5. The number of allylic oxidation sites excluding steroid dienone is 4. The molecule has 0 aliphatic carbocycles. The van der Waals surface area contributed by atoms with Crippen LogP contribution in [0.4, 0.5) is 5.82 Å². The van der Waals surface area contributed by atoms with E-state index < -0.39 is 0 Å². The lowest BCUT2D eigenvalue weighted by Gasteiger charge is -2.26. The number of pyridine rings is 1. The van der Waals surface area contributed by atoms with Crippen molar-refractivity contribution < 1.29 is 9.53 Å². The minimum atomic E-state index is -0.336. The number of nitrogens with zero attached hydrogens (tertiary/aromatic N) is 5. The monoisotopic (exact) mass is 474 g/mol. The number of rotatable bonds is 10. The number of H-pyrrole nitrogens is 1. The molecule has 0 spiro atoms. The molecule has 0 aromatic carbocycles. The summed E-state index contributed by atoms with van der Waals surface area (Å²) in [6, 6.07) is 3.54. The molecule has 10 heteroatoms. The van der Waals surface area contributed by atoms with Crippen molar-refractivity contribution in [2.24, 2.45) is 5.10 Å². The van der Waals surface area contributed by atoms with Gasteiger partial charge in [0, 0.05) is 32.4 Å². The van der Waals surface area contributed by atoms with Gasteiger partial charge in [0.2, 0.25) is 0 Å². The molecular formula is C25H30N8O2. The molecule has 3 aromatic heterocycles. The normalized spacial score (nSPS) is 14.9. The fourth-order valence-electron chi connectivity index (χ4n) is 3.81. The molecule has 0 unspecified atom stereocenters. The quantitative estimate of drug-likeness (QED) is 0.237. The Morgan fingerprint density at radius 1 is 1.31 bits per heavy atom. The highest BCUT2D eigenvalue weighted by Gasteiger charge is 2.19. The molecule has 0 saturated carbocycles. The zero-order valence-electron chi connectivity index (χ0n) is 19.8. The number of ether oxygens (including phenoxy) is 1. The van der Waals surface area contributed by atoms with Crippen LogP contribution in [-0.4, -0.2) is 75.8 Å². The zero-order chi connectivity index (χ0) is 24.6. The number of hydrogen-bond acceptors (Lipinski definition) is 7. The molecule has 4 heterocycles. The summed E-state index contributed by atoms with van der Waals surface area (Å²) in [5, 5.41) is 7.54. The predicted octanol–water partition coefficient (Wildman–Crippen LogP) is 2.79. The Labute approximate surface area is 204 Å². The fraction of sp³-hybridized carbons (Fsp3) is 0.280. The van der Waals surface area contributed by atoms with Crippen molar-refractivity contribution in [2.75, 3.05) is 44.7 Å². The molecule has 35 heavy (non-hydrogen) atoms. The molecule has 0 bridgehead atoms. The molecule has 1 amide bonds. The van der Waals surface area contributed by atoms with E-state index in [4.69, 9.17) is 9.72 Å². The third-order valence-corrected chi connectivity index (χ3v) is 5.70. The summed E-state index contributed by atoms with van der Waals surface area (Å²) in [5.74, 6) is 0.457. The lowest BCUT2D eigenvalue weighted by atomic mass is 10.2. The summed E-state index contributed by atoms with van der Waals surface area (Å²) in [6.45, 7) is 14.2. The number of amides is 1. The van der Waals surface area contributed by atoms with Crippen LogP contribution in [0.2, 0.25) is 0 Å². The van der Waals surface area contributed by atoms with Crippen molar-refractivity contribution >= 4 is 23.6 Å².